The van der Waals surface area contributed by atoms with Crippen molar-refractivity contribution in [2.75, 3.05) is 19.0 Å². The molecule has 5 heteroatoms. The van der Waals surface area contributed by atoms with Gasteiger partial charge in [-0.1, -0.05) is 0 Å². The molecular formula is C12H16BrNO3. The number of ether oxygens (including phenoxy) is 1. The average molecular weight is 302 g/mol. The lowest BCUT2D eigenvalue weighted by Crippen LogP contribution is -2.03. The number of carbonyl (C=O) groups is 1. The molecule has 0 spiro atoms. The van der Waals surface area contributed by atoms with Gasteiger partial charge in [-0.2, -0.15) is 0 Å². The van der Waals surface area contributed by atoms with Gasteiger partial charge in [-0.15, -0.1) is 0 Å². The van der Waals surface area contributed by atoms with Crippen LogP contribution >= 0.6 is 15.9 Å². The van der Waals surface area contributed by atoms with Crippen LogP contribution < -0.4 is 10.1 Å². The number of anilines is 1. The van der Waals surface area contributed by atoms with Gasteiger partial charge in [0.05, 0.1) is 11.6 Å². The number of hydrogen-bond acceptors (Lipinski definition) is 3. The van der Waals surface area contributed by atoms with Gasteiger partial charge in [0, 0.05) is 24.7 Å². The van der Waals surface area contributed by atoms with Crippen molar-refractivity contribution < 1.29 is 14.6 Å². The van der Waals surface area contributed by atoms with E-state index in [1.54, 1.807) is 7.11 Å². The lowest BCUT2D eigenvalue weighted by atomic mass is 10.2. The molecule has 4 nitrogen and oxygen atoms in total. The van der Waals surface area contributed by atoms with Crippen LogP contribution in [0, 0.1) is 0 Å². The Morgan fingerprint density at radius 3 is 2.88 bits per heavy atom. The maximum atomic E-state index is 10.3. The molecule has 0 aromatic heterocycles. The summed E-state index contributed by atoms with van der Waals surface area (Å²) in [7, 11) is 1.62. The van der Waals surface area contributed by atoms with E-state index in [1.807, 2.05) is 18.2 Å². The zero-order valence-electron chi connectivity index (χ0n) is 9.70. The number of methoxy groups -OCH3 is 1. The number of unbranched alkanes of at least 4 members (excludes halogenated alkanes) is 1. The zero-order chi connectivity index (χ0) is 12.7. The Bertz CT molecular complexity index is 382. The fourth-order valence-corrected chi connectivity index (χ4v) is 1.81. The normalized spacial score (nSPS) is 10.0. The topological polar surface area (TPSA) is 58.6 Å². The van der Waals surface area contributed by atoms with Gasteiger partial charge in [-0.3, -0.25) is 4.79 Å². The van der Waals surface area contributed by atoms with Gasteiger partial charge in [0.25, 0.3) is 0 Å². The van der Waals surface area contributed by atoms with Gasteiger partial charge in [0.1, 0.15) is 5.75 Å². The fourth-order valence-electron chi connectivity index (χ4n) is 1.40. The highest BCUT2D eigenvalue weighted by atomic mass is 79.9. The Hall–Kier alpha value is -1.23. The van der Waals surface area contributed by atoms with E-state index in [9.17, 15) is 4.79 Å². The molecule has 94 valence electrons. The molecule has 2 N–H and O–H groups in total. The first-order valence-electron chi connectivity index (χ1n) is 5.42. The van der Waals surface area contributed by atoms with Crippen LogP contribution in [-0.4, -0.2) is 24.7 Å². The summed E-state index contributed by atoms with van der Waals surface area (Å²) in [5, 5.41) is 11.7. The number of carboxylic acids is 1. The first kappa shape index (κ1) is 13.8. The molecule has 0 aliphatic rings. The Morgan fingerprint density at radius 1 is 1.47 bits per heavy atom. The smallest absolute Gasteiger partial charge is 0.303 e. The highest BCUT2D eigenvalue weighted by Crippen LogP contribution is 2.27. The first-order valence-corrected chi connectivity index (χ1v) is 6.22. The van der Waals surface area contributed by atoms with Crippen molar-refractivity contribution in [1.29, 1.82) is 0 Å². The van der Waals surface area contributed by atoms with Crippen molar-refractivity contribution in [1.82, 2.24) is 0 Å². The molecule has 0 fully saturated rings. The molecule has 0 atom stereocenters. The predicted octanol–water partition coefficient (Wildman–Crippen LogP) is 3.12. The van der Waals surface area contributed by atoms with Gasteiger partial charge in [-0.05, 0) is 40.9 Å². The number of rotatable bonds is 7. The van der Waals surface area contributed by atoms with Gasteiger partial charge in [0.2, 0.25) is 0 Å². The number of aliphatic carboxylic acids is 1. The lowest BCUT2D eigenvalue weighted by Gasteiger charge is -2.09. The van der Waals surface area contributed by atoms with Gasteiger partial charge >= 0.3 is 5.97 Å². The third-order valence-corrected chi connectivity index (χ3v) is 2.95. The van der Waals surface area contributed by atoms with E-state index in [0.717, 1.165) is 28.9 Å². The van der Waals surface area contributed by atoms with Crippen molar-refractivity contribution in [2.45, 2.75) is 19.3 Å². The monoisotopic (exact) mass is 301 g/mol. The number of benzene rings is 1. The van der Waals surface area contributed by atoms with Crippen molar-refractivity contribution in [3.05, 3.63) is 22.7 Å². The van der Waals surface area contributed by atoms with E-state index in [0.29, 0.717) is 6.42 Å². The van der Waals surface area contributed by atoms with E-state index in [-0.39, 0.29) is 6.42 Å². The summed E-state index contributed by atoms with van der Waals surface area (Å²) in [5.41, 5.74) is 0.973. The molecule has 0 aliphatic carbocycles. The number of nitrogens with one attached hydrogen (secondary N) is 1. The van der Waals surface area contributed by atoms with Crippen molar-refractivity contribution in [3.63, 3.8) is 0 Å². The molecule has 0 saturated heterocycles. The van der Waals surface area contributed by atoms with Crippen LogP contribution in [0.25, 0.3) is 0 Å². The maximum absolute atomic E-state index is 10.3. The summed E-state index contributed by atoms with van der Waals surface area (Å²) in [6, 6.07) is 5.77. The Labute approximate surface area is 109 Å². The van der Waals surface area contributed by atoms with Crippen molar-refractivity contribution >= 4 is 27.6 Å². The van der Waals surface area contributed by atoms with Crippen molar-refractivity contribution in [2.24, 2.45) is 0 Å². The molecular weight excluding hydrogens is 286 g/mol. The number of hydrogen-bond donors (Lipinski definition) is 2. The van der Waals surface area contributed by atoms with Crippen LogP contribution in [0.4, 0.5) is 5.69 Å². The summed E-state index contributed by atoms with van der Waals surface area (Å²) in [6.07, 6.45) is 1.76. The number of halogens is 1. The fraction of sp³-hybridized carbons (Fsp3) is 0.417. The average Bonchev–Trinajstić information content (AvgIpc) is 2.30. The van der Waals surface area contributed by atoms with Crippen LogP contribution in [0.5, 0.6) is 5.75 Å². The minimum absolute atomic E-state index is 0.228. The Kier molecular flexibility index (Phi) is 5.83. The molecule has 1 aromatic rings. The van der Waals surface area contributed by atoms with Gasteiger partial charge in [0.15, 0.2) is 0 Å². The molecule has 0 heterocycles. The second kappa shape index (κ2) is 7.17. The van der Waals surface area contributed by atoms with Crippen molar-refractivity contribution in [3.8, 4) is 5.75 Å². The van der Waals surface area contributed by atoms with Crippen LogP contribution in [0.1, 0.15) is 19.3 Å². The molecule has 0 amide bonds. The third kappa shape index (κ3) is 5.08. The molecule has 1 aromatic carbocycles. The Balaban J connectivity index is 2.34. The number of carboxylic acid groups (broad SMARTS) is 1. The first-order chi connectivity index (χ1) is 8.13. The van der Waals surface area contributed by atoms with E-state index in [4.69, 9.17) is 9.84 Å². The molecule has 17 heavy (non-hydrogen) atoms. The van der Waals surface area contributed by atoms with E-state index >= 15 is 0 Å². The zero-order valence-corrected chi connectivity index (χ0v) is 11.3. The summed E-state index contributed by atoms with van der Waals surface area (Å²) in [4.78, 5) is 10.3. The van der Waals surface area contributed by atoms with E-state index < -0.39 is 5.97 Å². The summed E-state index contributed by atoms with van der Waals surface area (Å²) in [5.74, 6) is 0.0378. The van der Waals surface area contributed by atoms with Crippen LogP contribution in [-0.2, 0) is 4.79 Å². The molecule has 0 radical (unpaired) electrons. The molecule has 0 unspecified atom stereocenters. The molecule has 0 saturated carbocycles. The molecule has 0 bridgehead atoms. The molecule has 0 aliphatic heterocycles. The quantitative estimate of drug-likeness (QED) is 0.760. The minimum atomic E-state index is -0.740. The molecule has 1 rings (SSSR count). The lowest BCUT2D eigenvalue weighted by molar-refractivity contribution is -0.137. The second-order valence-electron chi connectivity index (χ2n) is 3.63. The van der Waals surface area contributed by atoms with Gasteiger partial charge < -0.3 is 15.2 Å². The van der Waals surface area contributed by atoms with Crippen LogP contribution in [0.3, 0.4) is 0 Å². The summed E-state index contributed by atoms with van der Waals surface area (Å²) in [6.45, 7) is 0.762. The van der Waals surface area contributed by atoms with Crippen LogP contribution in [0.2, 0.25) is 0 Å². The second-order valence-corrected chi connectivity index (χ2v) is 4.48. The van der Waals surface area contributed by atoms with Crippen LogP contribution in [0.15, 0.2) is 22.7 Å². The maximum Gasteiger partial charge on any atom is 0.303 e. The van der Waals surface area contributed by atoms with E-state index in [2.05, 4.69) is 21.2 Å². The van der Waals surface area contributed by atoms with Gasteiger partial charge in [-0.25, -0.2) is 0 Å². The Morgan fingerprint density at radius 2 is 2.24 bits per heavy atom. The summed E-state index contributed by atoms with van der Waals surface area (Å²) >= 11 is 3.38. The largest absolute Gasteiger partial charge is 0.495 e. The minimum Gasteiger partial charge on any atom is -0.495 e. The SMILES string of the molecule is COc1cc(NCCCCC(=O)O)ccc1Br. The summed E-state index contributed by atoms with van der Waals surface area (Å²) < 4.78 is 6.09. The third-order valence-electron chi connectivity index (χ3n) is 2.30. The standard InChI is InChI=1S/C12H16BrNO3/c1-17-11-8-9(5-6-10(11)13)14-7-3-2-4-12(15)16/h5-6,8,14H,2-4,7H2,1H3,(H,15,16). The highest BCUT2D eigenvalue weighted by Gasteiger charge is 2.01. The van der Waals surface area contributed by atoms with E-state index in [1.165, 1.54) is 0 Å². The highest BCUT2D eigenvalue weighted by molar-refractivity contribution is 9.10. The predicted molar refractivity (Wildman–Crippen MR) is 70.7 cm³/mol.